The van der Waals surface area contributed by atoms with Gasteiger partial charge in [-0.05, 0) is 31.2 Å². The van der Waals surface area contributed by atoms with Crippen LogP contribution in [0.15, 0.2) is 41.1 Å². The van der Waals surface area contributed by atoms with E-state index in [-0.39, 0.29) is 11.9 Å². The monoisotopic (exact) mass is 245 g/mol. The van der Waals surface area contributed by atoms with E-state index in [1.165, 1.54) is 0 Å². The molecule has 0 saturated heterocycles. The van der Waals surface area contributed by atoms with Gasteiger partial charge in [0.1, 0.15) is 5.76 Å². The summed E-state index contributed by atoms with van der Waals surface area (Å²) in [6.07, 6.45) is 3.16. The van der Waals surface area contributed by atoms with Crippen LogP contribution in [0.5, 0.6) is 0 Å². The van der Waals surface area contributed by atoms with Crippen LogP contribution in [0.25, 0.3) is 0 Å². The molecule has 0 aliphatic rings. The zero-order valence-electron chi connectivity index (χ0n) is 10.1. The molecule has 0 spiro atoms. The molecule has 2 heterocycles. The number of furan rings is 1. The lowest BCUT2D eigenvalue weighted by Crippen LogP contribution is -2.26. The maximum atomic E-state index is 12.0. The SMILES string of the molecule is C[C@H](NC(=O)c1ccnc(CN)c1)c1ccco1. The molecule has 0 aliphatic heterocycles. The molecule has 0 fully saturated rings. The smallest absolute Gasteiger partial charge is 0.251 e. The lowest BCUT2D eigenvalue weighted by molar-refractivity contribution is 0.0935. The molecule has 0 aromatic carbocycles. The maximum absolute atomic E-state index is 12.0. The van der Waals surface area contributed by atoms with E-state index in [0.717, 1.165) is 5.76 Å². The number of aromatic nitrogens is 1. The van der Waals surface area contributed by atoms with Gasteiger partial charge in [0, 0.05) is 18.3 Å². The summed E-state index contributed by atoms with van der Waals surface area (Å²) < 4.78 is 5.23. The van der Waals surface area contributed by atoms with Crippen molar-refractivity contribution in [1.29, 1.82) is 0 Å². The minimum Gasteiger partial charge on any atom is -0.467 e. The van der Waals surface area contributed by atoms with E-state index in [1.54, 1.807) is 30.7 Å². The zero-order valence-corrected chi connectivity index (χ0v) is 10.1. The standard InChI is InChI=1S/C13H15N3O2/c1-9(12-3-2-6-18-12)16-13(17)10-4-5-15-11(7-10)8-14/h2-7,9H,8,14H2,1H3,(H,16,17)/t9-/m0/s1. The molecular formula is C13H15N3O2. The topological polar surface area (TPSA) is 81.2 Å². The minimum atomic E-state index is -0.179. The second-order valence-corrected chi connectivity index (χ2v) is 3.95. The number of pyridine rings is 1. The number of rotatable bonds is 4. The zero-order chi connectivity index (χ0) is 13.0. The Bertz CT molecular complexity index is 523. The lowest BCUT2D eigenvalue weighted by Gasteiger charge is -2.11. The van der Waals surface area contributed by atoms with Crippen molar-refractivity contribution < 1.29 is 9.21 Å². The molecule has 18 heavy (non-hydrogen) atoms. The number of hydrogen-bond acceptors (Lipinski definition) is 4. The molecule has 2 rings (SSSR count). The number of carbonyl (C=O) groups excluding carboxylic acids is 1. The third-order valence-electron chi connectivity index (χ3n) is 2.61. The summed E-state index contributed by atoms with van der Waals surface area (Å²) in [5.74, 6) is 0.549. The molecule has 1 amide bonds. The second-order valence-electron chi connectivity index (χ2n) is 3.95. The predicted octanol–water partition coefficient (Wildman–Crippen LogP) is 1.62. The molecular weight excluding hydrogens is 230 g/mol. The van der Waals surface area contributed by atoms with Gasteiger partial charge in [0.25, 0.3) is 5.91 Å². The van der Waals surface area contributed by atoms with Crippen molar-refractivity contribution in [1.82, 2.24) is 10.3 Å². The van der Waals surface area contributed by atoms with E-state index in [9.17, 15) is 4.79 Å². The van der Waals surface area contributed by atoms with Crippen molar-refractivity contribution in [2.75, 3.05) is 0 Å². The van der Waals surface area contributed by atoms with E-state index in [2.05, 4.69) is 10.3 Å². The van der Waals surface area contributed by atoms with Gasteiger partial charge < -0.3 is 15.5 Å². The first-order valence-corrected chi connectivity index (χ1v) is 5.70. The summed E-state index contributed by atoms with van der Waals surface area (Å²) in [6, 6.07) is 6.77. The molecule has 1 atom stereocenters. The summed E-state index contributed by atoms with van der Waals surface area (Å²) in [5.41, 5.74) is 6.72. The van der Waals surface area contributed by atoms with Gasteiger partial charge in [-0.15, -0.1) is 0 Å². The fourth-order valence-electron chi connectivity index (χ4n) is 1.62. The molecule has 94 valence electrons. The summed E-state index contributed by atoms with van der Waals surface area (Å²) >= 11 is 0. The molecule has 5 heteroatoms. The van der Waals surface area contributed by atoms with E-state index >= 15 is 0 Å². The van der Waals surface area contributed by atoms with Crippen LogP contribution in [0.3, 0.4) is 0 Å². The fourth-order valence-corrected chi connectivity index (χ4v) is 1.62. The first-order valence-electron chi connectivity index (χ1n) is 5.70. The molecule has 2 aromatic heterocycles. The van der Waals surface area contributed by atoms with Crippen LogP contribution in [-0.2, 0) is 6.54 Å². The van der Waals surface area contributed by atoms with Crippen molar-refractivity contribution in [3.05, 3.63) is 53.7 Å². The summed E-state index contributed by atoms with van der Waals surface area (Å²) in [5, 5.41) is 2.85. The van der Waals surface area contributed by atoms with Crippen molar-refractivity contribution in [3.8, 4) is 0 Å². The predicted molar refractivity (Wildman–Crippen MR) is 66.7 cm³/mol. The lowest BCUT2D eigenvalue weighted by atomic mass is 10.2. The summed E-state index contributed by atoms with van der Waals surface area (Å²) in [4.78, 5) is 16.0. The Morgan fingerprint density at radius 1 is 1.56 bits per heavy atom. The van der Waals surface area contributed by atoms with Gasteiger partial charge in [-0.3, -0.25) is 9.78 Å². The molecule has 0 bridgehead atoms. The Labute approximate surface area is 105 Å². The first-order chi connectivity index (χ1) is 8.70. The van der Waals surface area contributed by atoms with E-state index in [1.807, 2.05) is 13.0 Å². The number of nitrogens with one attached hydrogen (secondary N) is 1. The van der Waals surface area contributed by atoms with Gasteiger partial charge in [-0.2, -0.15) is 0 Å². The van der Waals surface area contributed by atoms with E-state index in [0.29, 0.717) is 17.8 Å². The largest absolute Gasteiger partial charge is 0.467 e. The Balaban J connectivity index is 2.07. The maximum Gasteiger partial charge on any atom is 0.251 e. The highest BCUT2D eigenvalue weighted by Gasteiger charge is 2.13. The normalized spacial score (nSPS) is 12.1. The van der Waals surface area contributed by atoms with Crippen LogP contribution in [0, 0.1) is 0 Å². The van der Waals surface area contributed by atoms with Gasteiger partial charge in [0.05, 0.1) is 18.0 Å². The Morgan fingerprint density at radius 2 is 2.39 bits per heavy atom. The van der Waals surface area contributed by atoms with Crippen molar-refractivity contribution >= 4 is 5.91 Å². The number of hydrogen-bond donors (Lipinski definition) is 2. The molecule has 3 N–H and O–H groups in total. The number of carbonyl (C=O) groups is 1. The van der Waals surface area contributed by atoms with E-state index < -0.39 is 0 Å². The second kappa shape index (κ2) is 5.46. The fraction of sp³-hybridized carbons (Fsp3) is 0.231. The molecule has 5 nitrogen and oxygen atoms in total. The highest BCUT2D eigenvalue weighted by molar-refractivity contribution is 5.94. The van der Waals surface area contributed by atoms with Crippen LogP contribution in [-0.4, -0.2) is 10.9 Å². The molecule has 0 aliphatic carbocycles. The summed E-state index contributed by atoms with van der Waals surface area (Å²) in [7, 11) is 0. The van der Waals surface area contributed by atoms with Gasteiger partial charge in [-0.25, -0.2) is 0 Å². The average Bonchev–Trinajstić information content (AvgIpc) is 2.92. The third kappa shape index (κ3) is 2.75. The van der Waals surface area contributed by atoms with Gasteiger partial charge in [0.2, 0.25) is 0 Å². The van der Waals surface area contributed by atoms with Crippen molar-refractivity contribution in [2.45, 2.75) is 19.5 Å². The molecule has 0 saturated carbocycles. The average molecular weight is 245 g/mol. The Morgan fingerprint density at radius 3 is 3.06 bits per heavy atom. The van der Waals surface area contributed by atoms with Gasteiger partial charge >= 0.3 is 0 Å². The minimum absolute atomic E-state index is 0.170. The van der Waals surface area contributed by atoms with Crippen molar-refractivity contribution in [3.63, 3.8) is 0 Å². The molecule has 0 radical (unpaired) electrons. The van der Waals surface area contributed by atoms with E-state index in [4.69, 9.17) is 10.2 Å². The number of nitrogens with two attached hydrogens (primary N) is 1. The highest BCUT2D eigenvalue weighted by atomic mass is 16.3. The number of amides is 1. The quantitative estimate of drug-likeness (QED) is 0.857. The molecule has 2 aromatic rings. The number of nitrogens with zero attached hydrogens (tertiary/aromatic N) is 1. The molecule has 0 unspecified atom stereocenters. The van der Waals surface area contributed by atoms with Crippen LogP contribution in [0.1, 0.15) is 34.8 Å². The van der Waals surface area contributed by atoms with Gasteiger partial charge in [0.15, 0.2) is 0 Å². The van der Waals surface area contributed by atoms with Crippen LogP contribution in [0.2, 0.25) is 0 Å². The Hall–Kier alpha value is -2.14. The Kier molecular flexibility index (Phi) is 3.74. The highest BCUT2D eigenvalue weighted by Crippen LogP contribution is 2.13. The van der Waals surface area contributed by atoms with Crippen LogP contribution < -0.4 is 11.1 Å². The van der Waals surface area contributed by atoms with Gasteiger partial charge in [-0.1, -0.05) is 0 Å². The van der Waals surface area contributed by atoms with Crippen LogP contribution in [0.4, 0.5) is 0 Å². The third-order valence-corrected chi connectivity index (χ3v) is 2.61. The summed E-state index contributed by atoms with van der Waals surface area (Å²) in [6.45, 7) is 2.18. The van der Waals surface area contributed by atoms with Crippen molar-refractivity contribution in [2.24, 2.45) is 5.73 Å². The van der Waals surface area contributed by atoms with Crippen LogP contribution >= 0.6 is 0 Å². The first kappa shape index (κ1) is 12.3.